The Morgan fingerprint density at radius 3 is 2.55 bits per heavy atom. The van der Waals surface area contributed by atoms with Crippen molar-refractivity contribution in [2.45, 2.75) is 31.5 Å². The number of morpholine rings is 1. The molecule has 2 N–H and O–H groups in total. The van der Waals surface area contributed by atoms with Crippen molar-refractivity contribution in [1.29, 1.82) is 0 Å². The first-order valence-corrected chi connectivity index (χ1v) is 13.6. The lowest BCUT2D eigenvalue weighted by Gasteiger charge is -2.31. The van der Waals surface area contributed by atoms with E-state index in [1.165, 1.54) is 23.1 Å². The average molecular weight is 609 g/mol. The summed E-state index contributed by atoms with van der Waals surface area (Å²) >= 11 is 6.84. The van der Waals surface area contributed by atoms with Crippen molar-refractivity contribution in [3.05, 3.63) is 45.1 Å². The lowest BCUT2D eigenvalue weighted by molar-refractivity contribution is -0.137. The Kier molecular flexibility index (Phi) is 9.64. The van der Waals surface area contributed by atoms with Gasteiger partial charge in [0.1, 0.15) is 12.6 Å². The molecule has 1 aromatic heterocycles. The lowest BCUT2D eigenvalue weighted by atomic mass is 10.1. The van der Waals surface area contributed by atoms with Crippen LogP contribution < -0.4 is 15.5 Å². The van der Waals surface area contributed by atoms with Crippen LogP contribution >= 0.6 is 22.9 Å². The summed E-state index contributed by atoms with van der Waals surface area (Å²) in [7, 11) is 0. The van der Waals surface area contributed by atoms with Crippen molar-refractivity contribution >= 4 is 52.0 Å². The number of nitrogens with zero attached hydrogens (tertiary/aromatic N) is 2. The van der Waals surface area contributed by atoms with Gasteiger partial charge in [-0.25, -0.2) is 8.78 Å². The molecule has 2 aromatic rings. The van der Waals surface area contributed by atoms with Gasteiger partial charge in [0.2, 0.25) is 5.91 Å². The van der Waals surface area contributed by atoms with Gasteiger partial charge >= 0.3 is 6.18 Å². The van der Waals surface area contributed by atoms with Gasteiger partial charge in [0.15, 0.2) is 0 Å². The van der Waals surface area contributed by atoms with Gasteiger partial charge in [0, 0.05) is 25.3 Å². The zero-order valence-corrected chi connectivity index (χ0v) is 22.6. The molecule has 218 valence electrons. The fourth-order valence-corrected chi connectivity index (χ4v) is 5.25. The third-order valence-corrected chi connectivity index (χ3v) is 7.65. The number of benzene rings is 1. The van der Waals surface area contributed by atoms with Gasteiger partial charge in [0.05, 0.1) is 33.6 Å². The van der Waals surface area contributed by atoms with Crippen molar-refractivity contribution < 1.29 is 41.1 Å². The quantitative estimate of drug-likeness (QED) is 0.367. The van der Waals surface area contributed by atoms with E-state index in [0.29, 0.717) is 4.34 Å². The summed E-state index contributed by atoms with van der Waals surface area (Å²) in [6.07, 6.45) is -6.19. The number of carbonyl (C=O) groups is 3. The number of hydrogen-bond acceptors (Lipinski definition) is 6. The van der Waals surface area contributed by atoms with Crippen LogP contribution in [-0.2, 0) is 20.5 Å². The van der Waals surface area contributed by atoms with Crippen molar-refractivity contribution in [2.75, 3.05) is 49.6 Å². The maximum absolute atomic E-state index is 14.0. The Hall–Kier alpha value is -2.81. The van der Waals surface area contributed by atoms with E-state index in [1.54, 1.807) is 0 Å². The van der Waals surface area contributed by atoms with Gasteiger partial charge in [-0.15, -0.1) is 11.3 Å². The number of halogens is 6. The van der Waals surface area contributed by atoms with Gasteiger partial charge in [-0.05, 0) is 49.1 Å². The van der Waals surface area contributed by atoms with Crippen LogP contribution in [0.4, 0.5) is 33.3 Å². The number of nitrogens with one attached hydrogen (secondary N) is 2. The standard InChI is InChI=1S/C25H26ClF5N4O4S/c26-20-6-5-19(40-20)24(38)32-10-18(34(12-21(27)28)11-14-1-2-14)23(37)33-17-4-3-15(9-16(17)25(29,30)31)35-7-8-39-13-22(35)36/h3-6,9,14,18,21H,1-2,7-8,10-13H2,(H,32,38)(H,33,37)/t18-/m0/s1. The molecule has 2 heterocycles. The number of hydrogen-bond donors (Lipinski definition) is 2. The number of amides is 3. The second-order valence-corrected chi connectivity index (χ2v) is 11.1. The van der Waals surface area contributed by atoms with Crippen molar-refractivity contribution in [2.24, 2.45) is 5.92 Å². The molecule has 0 radical (unpaired) electrons. The highest BCUT2D eigenvalue weighted by Crippen LogP contribution is 2.38. The molecule has 40 heavy (non-hydrogen) atoms. The minimum absolute atomic E-state index is 0.0230. The summed E-state index contributed by atoms with van der Waals surface area (Å²) in [5, 5.41) is 4.75. The molecule has 0 spiro atoms. The third-order valence-electron chi connectivity index (χ3n) is 6.42. The van der Waals surface area contributed by atoms with E-state index in [1.807, 2.05) is 0 Å². The molecule has 1 saturated carbocycles. The summed E-state index contributed by atoms with van der Waals surface area (Å²) in [4.78, 5) is 40.7. The van der Waals surface area contributed by atoms with E-state index >= 15 is 0 Å². The molecule has 4 rings (SSSR count). The van der Waals surface area contributed by atoms with Crippen LogP contribution in [0, 0.1) is 5.92 Å². The fourth-order valence-electron chi connectivity index (χ4n) is 4.29. The maximum atomic E-state index is 14.0. The largest absolute Gasteiger partial charge is 0.418 e. The maximum Gasteiger partial charge on any atom is 0.418 e. The van der Waals surface area contributed by atoms with Crippen molar-refractivity contribution in [3.8, 4) is 0 Å². The highest BCUT2D eigenvalue weighted by Gasteiger charge is 2.38. The Morgan fingerprint density at radius 1 is 1.20 bits per heavy atom. The number of carbonyl (C=O) groups excluding carboxylic acids is 3. The molecule has 2 aliphatic rings. The summed E-state index contributed by atoms with van der Waals surface area (Å²) in [6.45, 7) is -1.18. The van der Waals surface area contributed by atoms with Crippen LogP contribution in [0.5, 0.6) is 0 Å². The monoisotopic (exact) mass is 608 g/mol. The zero-order valence-electron chi connectivity index (χ0n) is 21.0. The number of rotatable bonds is 11. The van der Waals surface area contributed by atoms with Gasteiger partial charge in [0.25, 0.3) is 18.2 Å². The van der Waals surface area contributed by atoms with Crippen LogP contribution in [0.2, 0.25) is 4.34 Å². The Morgan fingerprint density at radius 2 is 1.95 bits per heavy atom. The number of anilines is 2. The normalized spacial score (nSPS) is 16.9. The number of ether oxygens (including phenoxy) is 1. The molecule has 15 heteroatoms. The van der Waals surface area contributed by atoms with Crippen LogP contribution in [0.1, 0.15) is 28.1 Å². The topological polar surface area (TPSA) is 91.0 Å². The van der Waals surface area contributed by atoms with Crippen molar-refractivity contribution in [3.63, 3.8) is 0 Å². The Labute approximate surface area is 235 Å². The van der Waals surface area contributed by atoms with E-state index in [9.17, 15) is 36.3 Å². The lowest BCUT2D eigenvalue weighted by Crippen LogP contribution is -2.52. The number of thiophene rings is 1. The van der Waals surface area contributed by atoms with Crippen LogP contribution in [0.3, 0.4) is 0 Å². The summed E-state index contributed by atoms with van der Waals surface area (Å²) < 4.78 is 74.5. The van der Waals surface area contributed by atoms with E-state index in [-0.39, 0.29) is 42.8 Å². The van der Waals surface area contributed by atoms with Gasteiger partial charge in [-0.1, -0.05) is 11.6 Å². The first-order valence-electron chi connectivity index (χ1n) is 12.4. The molecule has 1 atom stereocenters. The minimum atomic E-state index is -4.91. The Bertz CT molecular complexity index is 1240. The molecule has 3 amide bonds. The van der Waals surface area contributed by atoms with E-state index < -0.39 is 60.7 Å². The molecule has 2 fully saturated rings. The first-order chi connectivity index (χ1) is 18.9. The average Bonchev–Trinajstić information content (AvgIpc) is 3.59. The molecule has 8 nitrogen and oxygen atoms in total. The molecular weight excluding hydrogens is 583 g/mol. The molecular formula is C25H26ClF5N4O4S. The van der Waals surface area contributed by atoms with Crippen LogP contribution in [0.15, 0.2) is 30.3 Å². The fraction of sp³-hybridized carbons (Fsp3) is 0.480. The highest BCUT2D eigenvalue weighted by molar-refractivity contribution is 7.18. The van der Waals surface area contributed by atoms with Crippen LogP contribution in [-0.4, -0.2) is 74.5 Å². The predicted octanol–water partition coefficient (Wildman–Crippen LogP) is 4.50. The predicted molar refractivity (Wildman–Crippen MR) is 139 cm³/mol. The molecule has 1 aliphatic heterocycles. The second-order valence-electron chi connectivity index (χ2n) is 9.43. The first kappa shape index (κ1) is 30.2. The van der Waals surface area contributed by atoms with Crippen LogP contribution in [0.25, 0.3) is 0 Å². The Balaban J connectivity index is 1.59. The van der Waals surface area contributed by atoms with E-state index in [4.69, 9.17) is 16.3 Å². The summed E-state index contributed by atoms with van der Waals surface area (Å²) in [6, 6.07) is 4.57. The SMILES string of the molecule is O=C(NC[C@@H](C(=O)Nc1ccc(N2CCOCC2=O)cc1C(F)(F)F)N(CC(F)F)CC1CC1)c1ccc(Cl)s1. The number of alkyl halides is 5. The third kappa shape index (κ3) is 7.89. The smallest absolute Gasteiger partial charge is 0.370 e. The van der Waals surface area contributed by atoms with Gasteiger partial charge < -0.3 is 20.3 Å². The minimum Gasteiger partial charge on any atom is -0.370 e. The highest BCUT2D eigenvalue weighted by atomic mass is 35.5. The molecule has 1 aliphatic carbocycles. The van der Waals surface area contributed by atoms with Gasteiger partial charge in [-0.3, -0.25) is 19.3 Å². The zero-order chi connectivity index (χ0) is 29.0. The van der Waals surface area contributed by atoms with E-state index in [2.05, 4.69) is 10.6 Å². The molecule has 0 unspecified atom stereocenters. The summed E-state index contributed by atoms with van der Waals surface area (Å²) in [5.41, 5.74) is -1.84. The molecule has 0 bridgehead atoms. The van der Waals surface area contributed by atoms with Gasteiger partial charge in [-0.2, -0.15) is 13.2 Å². The summed E-state index contributed by atoms with van der Waals surface area (Å²) in [5.74, 6) is -2.04. The second kappa shape index (κ2) is 12.8. The van der Waals surface area contributed by atoms with E-state index in [0.717, 1.165) is 41.2 Å². The molecule has 1 aromatic carbocycles. The van der Waals surface area contributed by atoms with Crippen molar-refractivity contribution in [1.82, 2.24) is 10.2 Å². The molecule has 1 saturated heterocycles.